The molecule has 2 rings (SSSR count). The highest BCUT2D eigenvalue weighted by atomic mass is 16.5. The smallest absolute Gasteiger partial charge is 0.414 e. The molecular weight excluding hydrogens is 378 g/mol. The van der Waals surface area contributed by atoms with Crippen LogP contribution in [0.1, 0.15) is 63.4 Å². The summed E-state index contributed by atoms with van der Waals surface area (Å²) in [6.07, 6.45) is 8.90. The first-order chi connectivity index (χ1) is 13.7. The lowest BCUT2D eigenvalue weighted by molar-refractivity contribution is -0.159. The van der Waals surface area contributed by atoms with E-state index in [-0.39, 0.29) is 6.61 Å². The third kappa shape index (κ3) is 11.3. The third-order valence-corrected chi connectivity index (χ3v) is 4.49. The molecule has 5 N–H and O–H groups in total. The van der Waals surface area contributed by atoms with Crippen LogP contribution in [-0.4, -0.2) is 52.1 Å². The second kappa shape index (κ2) is 13.0. The molecule has 0 unspecified atom stereocenters. The molecular formula is C21H31NO7. The van der Waals surface area contributed by atoms with Gasteiger partial charge in [0.1, 0.15) is 5.76 Å². The molecule has 29 heavy (non-hydrogen) atoms. The largest absolute Gasteiger partial charge is 0.473 e. The highest BCUT2D eigenvalue weighted by Crippen LogP contribution is 2.20. The first-order valence-electron chi connectivity index (χ1n) is 9.78. The Morgan fingerprint density at radius 3 is 2.48 bits per heavy atom. The molecule has 1 atom stereocenters. The van der Waals surface area contributed by atoms with E-state index in [0.717, 1.165) is 12.2 Å². The minimum atomic E-state index is -1.82. The molecule has 1 heterocycles. The van der Waals surface area contributed by atoms with E-state index < -0.39 is 17.5 Å². The van der Waals surface area contributed by atoms with Crippen molar-refractivity contribution in [3.05, 3.63) is 23.7 Å². The Labute approximate surface area is 171 Å². The lowest BCUT2D eigenvalue weighted by Crippen LogP contribution is -2.40. The van der Waals surface area contributed by atoms with Gasteiger partial charge in [0.05, 0.1) is 19.3 Å². The van der Waals surface area contributed by atoms with Gasteiger partial charge in [0.2, 0.25) is 0 Å². The van der Waals surface area contributed by atoms with Crippen molar-refractivity contribution in [2.24, 2.45) is 5.73 Å². The van der Waals surface area contributed by atoms with Crippen molar-refractivity contribution in [3.8, 4) is 11.8 Å². The summed E-state index contributed by atoms with van der Waals surface area (Å²) in [6.45, 7) is 2.51. The van der Waals surface area contributed by atoms with Gasteiger partial charge in [-0.05, 0) is 44.2 Å². The van der Waals surface area contributed by atoms with E-state index in [2.05, 4.69) is 11.8 Å². The number of carbonyl (C=O) groups is 2. The Morgan fingerprint density at radius 2 is 1.90 bits per heavy atom. The summed E-state index contributed by atoms with van der Waals surface area (Å²) in [5.41, 5.74) is 5.35. The fraction of sp³-hybridized carbons (Fsp3) is 0.619. The van der Waals surface area contributed by atoms with Crippen molar-refractivity contribution < 1.29 is 34.1 Å². The van der Waals surface area contributed by atoms with E-state index >= 15 is 0 Å². The Balaban J connectivity index is 0.000000612. The molecule has 0 amide bonds. The number of furan rings is 1. The van der Waals surface area contributed by atoms with E-state index in [1.165, 1.54) is 32.1 Å². The Bertz CT molecular complexity index is 681. The molecule has 1 aliphatic carbocycles. The number of ether oxygens (including phenoxy) is 1. The van der Waals surface area contributed by atoms with Crippen LogP contribution in [-0.2, 0) is 20.7 Å². The molecule has 0 radical (unpaired) electrons. The van der Waals surface area contributed by atoms with Gasteiger partial charge in [0.25, 0.3) is 0 Å². The Kier molecular flexibility index (Phi) is 11.1. The number of carboxylic acid groups (broad SMARTS) is 2. The van der Waals surface area contributed by atoms with E-state index in [0.29, 0.717) is 31.3 Å². The highest BCUT2D eigenvalue weighted by Gasteiger charge is 2.17. The molecule has 0 saturated heterocycles. The van der Waals surface area contributed by atoms with Crippen LogP contribution in [0.4, 0.5) is 0 Å². The maximum absolute atomic E-state index is 9.15. The van der Waals surface area contributed by atoms with Gasteiger partial charge < -0.3 is 30.2 Å². The molecule has 0 aliphatic heterocycles. The maximum Gasteiger partial charge on any atom is 0.414 e. The summed E-state index contributed by atoms with van der Waals surface area (Å²) in [5.74, 6) is 4.03. The quantitative estimate of drug-likeness (QED) is 0.305. The van der Waals surface area contributed by atoms with Crippen molar-refractivity contribution in [3.63, 3.8) is 0 Å². The van der Waals surface area contributed by atoms with Crippen LogP contribution >= 0.6 is 0 Å². The van der Waals surface area contributed by atoms with Crippen molar-refractivity contribution in [2.75, 3.05) is 13.2 Å². The second-order valence-corrected chi connectivity index (χ2v) is 7.37. The van der Waals surface area contributed by atoms with Gasteiger partial charge in [0.15, 0.2) is 5.76 Å². The van der Waals surface area contributed by atoms with Crippen LogP contribution < -0.4 is 5.73 Å². The molecule has 1 fully saturated rings. The fourth-order valence-electron chi connectivity index (χ4n) is 2.73. The van der Waals surface area contributed by atoms with E-state index in [1.54, 1.807) is 0 Å². The van der Waals surface area contributed by atoms with Gasteiger partial charge in [-0.2, -0.15) is 0 Å². The molecule has 1 saturated carbocycles. The molecule has 1 aliphatic rings. The number of rotatable bonds is 7. The van der Waals surface area contributed by atoms with Crippen molar-refractivity contribution >= 4 is 11.9 Å². The molecule has 8 nitrogen and oxygen atoms in total. The monoisotopic (exact) mass is 409 g/mol. The van der Waals surface area contributed by atoms with Gasteiger partial charge in [-0.3, -0.25) is 0 Å². The highest BCUT2D eigenvalue weighted by molar-refractivity contribution is 6.27. The molecule has 0 spiro atoms. The van der Waals surface area contributed by atoms with E-state index in [9.17, 15) is 0 Å². The lowest BCUT2D eigenvalue weighted by Gasteiger charge is -2.21. The normalized spacial score (nSPS) is 16.0. The summed E-state index contributed by atoms with van der Waals surface area (Å²) in [4.78, 5) is 18.2. The van der Waals surface area contributed by atoms with E-state index in [4.69, 9.17) is 39.8 Å². The van der Waals surface area contributed by atoms with Crippen LogP contribution in [0.2, 0.25) is 0 Å². The zero-order valence-electron chi connectivity index (χ0n) is 16.9. The fourth-order valence-corrected chi connectivity index (χ4v) is 2.73. The number of aliphatic hydroxyl groups is 1. The van der Waals surface area contributed by atoms with Crippen LogP contribution in [0.25, 0.3) is 0 Å². The molecule has 1 aromatic heterocycles. The summed E-state index contributed by atoms with van der Waals surface area (Å²) in [7, 11) is 0. The average molecular weight is 409 g/mol. The lowest BCUT2D eigenvalue weighted by atomic mass is 9.98. The summed E-state index contributed by atoms with van der Waals surface area (Å²) in [5, 5.41) is 23.9. The van der Waals surface area contributed by atoms with Crippen LogP contribution in [0.15, 0.2) is 16.5 Å². The number of hydrogen-bond donors (Lipinski definition) is 4. The average Bonchev–Trinajstić information content (AvgIpc) is 3.15. The van der Waals surface area contributed by atoms with Gasteiger partial charge in [-0.1, -0.05) is 25.2 Å². The first kappa shape index (κ1) is 24.7. The van der Waals surface area contributed by atoms with Gasteiger partial charge in [0, 0.05) is 18.4 Å². The number of hydrogen-bond acceptors (Lipinski definition) is 6. The molecule has 162 valence electrons. The predicted octanol–water partition coefficient (Wildman–Crippen LogP) is 2.17. The molecule has 8 heteroatoms. The van der Waals surface area contributed by atoms with Crippen LogP contribution in [0.3, 0.4) is 0 Å². The number of aliphatic carboxylic acids is 2. The molecule has 1 aromatic rings. The number of aryl methyl sites for hydroxylation is 1. The molecule has 0 bridgehead atoms. The van der Waals surface area contributed by atoms with Gasteiger partial charge >= 0.3 is 11.9 Å². The number of carboxylic acids is 2. The zero-order valence-corrected chi connectivity index (χ0v) is 16.9. The number of nitrogens with two attached hydrogens (primary N) is 1. The third-order valence-electron chi connectivity index (χ3n) is 4.49. The van der Waals surface area contributed by atoms with Crippen molar-refractivity contribution in [2.45, 2.75) is 69.9 Å². The Morgan fingerprint density at radius 1 is 1.24 bits per heavy atom. The van der Waals surface area contributed by atoms with Crippen LogP contribution in [0, 0.1) is 11.8 Å². The minimum Gasteiger partial charge on any atom is -0.473 e. The minimum absolute atomic E-state index is 0.0264. The molecule has 0 aromatic carbocycles. The maximum atomic E-state index is 9.15. The SMILES string of the molecule is C[C@](N)(CO)CCc1ccc(C#CCCOC2CCCCC2)o1.O=C(O)C(=O)O. The van der Waals surface area contributed by atoms with Crippen LogP contribution in [0.5, 0.6) is 0 Å². The zero-order chi connectivity index (χ0) is 21.7. The van der Waals surface area contributed by atoms with Crippen molar-refractivity contribution in [1.29, 1.82) is 0 Å². The topological polar surface area (TPSA) is 143 Å². The second-order valence-electron chi connectivity index (χ2n) is 7.37. The number of aliphatic hydroxyl groups excluding tert-OH is 1. The summed E-state index contributed by atoms with van der Waals surface area (Å²) >= 11 is 0. The standard InChI is InChI=1S/C19H29NO3.C2H2O4/c1-19(20,15-21)13-12-18-11-10-17(23-18)9-5-6-14-22-16-7-3-2-4-8-16;3-1(4)2(5)6/h10-11,16,21H,2-4,6-8,12-15,20H2,1H3;(H,3,4)(H,5,6)/t19-;/m1./s1. The Hall–Kier alpha value is -2.34. The summed E-state index contributed by atoms with van der Waals surface area (Å²) < 4.78 is 11.5. The van der Waals surface area contributed by atoms with Gasteiger partial charge in [-0.15, -0.1) is 0 Å². The van der Waals surface area contributed by atoms with E-state index in [1.807, 2.05) is 19.1 Å². The summed E-state index contributed by atoms with van der Waals surface area (Å²) in [6, 6.07) is 3.81. The first-order valence-corrected chi connectivity index (χ1v) is 9.78. The predicted molar refractivity (Wildman–Crippen MR) is 106 cm³/mol. The van der Waals surface area contributed by atoms with Gasteiger partial charge in [-0.25, -0.2) is 9.59 Å². The van der Waals surface area contributed by atoms with Crippen molar-refractivity contribution in [1.82, 2.24) is 0 Å².